The smallest absolute Gasteiger partial charge is 0.407 e. The van der Waals surface area contributed by atoms with E-state index in [1.165, 1.54) is 16.3 Å². The number of hydrogen-bond acceptors (Lipinski definition) is 7. The molecule has 0 spiro atoms. The molecular weight excluding hydrogens is 474 g/mol. The highest BCUT2D eigenvalue weighted by Gasteiger charge is 2.26. The summed E-state index contributed by atoms with van der Waals surface area (Å²) in [4.78, 5) is 25.2. The molecule has 0 saturated heterocycles. The van der Waals surface area contributed by atoms with Gasteiger partial charge in [-0.3, -0.25) is 4.57 Å². The standard InChI is InChI=1S/C24H30F2N6O2S/c1-24(2,3)34-23(33)28-15-11-9-14(10-12-15)27-18-13-19(31-22(30-18)35-4)32-17-8-6-5-7-16(17)29-21(32)20(25)26/h5-8,13-15,20H,9-12H2,1-4H3,(H,28,33)(H,27,30,31)/t14-,15-. The monoisotopic (exact) mass is 504 g/mol. The van der Waals surface area contributed by atoms with Crippen molar-refractivity contribution < 1.29 is 18.3 Å². The number of alkyl halides is 2. The van der Waals surface area contributed by atoms with Crippen molar-refractivity contribution in [2.75, 3.05) is 11.6 Å². The predicted octanol–water partition coefficient (Wildman–Crippen LogP) is 5.72. The Labute approximate surface area is 207 Å². The molecule has 1 aliphatic rings. The van der Waals surface area contributed by atoms with E-state index < -0.39 is 18.1 Å². The van der Waals surface area contributed by atoms with Crippen LogP contribution in [0.5, 0.6) is 0 Å². The lowest BCUT2D eigenvalue weighted by Crippen LogP contribution is -2.42. The Bertz CT molecular complexity index is 1190. The Morgan fingerprint density at radius 2 is 1.80 bits per heavy atom. The number of hydrogen-bond donors (Lipinski definition) is 2. The summed E-state index contributed by atoms with van der Waals surface area (Å²) in [6.07, 6.45) is 1.93. The number of amides is 1. The van der Waals surface area contributed by atoms with Crippen LogP contribution in [0.2, 0.25) is 0 Å². The lowest BCUT2D eigenvalue weighted by atomic mass is 9.91. The van der Waals surface area contributed by atoms with Gasteiger partial charge in [-0.1, -0.05) is 23.9 Å². The molecule has 1 amide bonds. The summed E-state index contributed by atoms with van der Waals surface area (Å²) < 4.78 is 34.4. The Balaban J connectivity index is 1.50. The van der Waals surface area contributed by atoms with E-state index >= 15 is 0 Å². The summed E-state index contributed by atoms with van der Waals surface area (Å²) >= 11 is 1.34. The number of thioether (sulfide) groups is 1. The Kier molecular flexibility index (Phi) is 7.44. The number of ether oxygens (including phenoxy) is 1. The van der Waals surface area contributed by atoms with Gasteiger partial charge in [0.1, 0.15) is 17.2 Å². The molecule has 2 aromatic heterocycles. The third-order valence-electron chi connectivity index (χ3n) is 5.69. The summed E-state index contributed by atoms with van der Waals surface area (Å²) in [5, 5.41) is 6.85. The molecule has 0 bridgehead atoms. The van der Waals surface area contributed by atoms with E-state index in [-0.39, 0.29) is 17.9 Å². The highest BCUT2D eigenvalue weighted by Crippen LogP contribution is 2.30. The van der Waals surface area contributed by atoms with Gasteiger partial charge >= 0.3 is 6.09 Å². The summed E-state index contributed by atoms with van der Waals surface area (Å²) in [5.41, 5.74) is 0.512. The van der Waals surface area contributed by atoms with Crippen LogP contribution in [0.4, 0.5) is 19.4 Å². The van der Waals surface area contributed by atoms with Crippen LogP contribution in [-0.2, 0) is 4.74 Å². The van der Waals surface area contributed by atoms with E-state index in [4.69, 9.17) is 4.74 Å². The molecule has 2 N–H and O–H groups in total. The van der Waals surface area contributed by atoms with Crippen molar-refractivity contribution in [3.05, 3.63) is 36.2 Å². The lowest BCUT2D eigenvalue weighted by Gasteiger charge is -2.30. The first-order valence-electron chi connectivity index (χ1n) is 11.6. The van der Waals surface area contributed by atoms with Crippen LogP contribution in [-0.4, -0.2) is 49.6 Å². The fourth-order valence-electron chi connectivity index (χ4n) is 4.19. The van der Waals surface area contributed by atoms with E-state index in [0.717, 1.165) is 25.7 Å². The average molecular weight is 505 g/mol. The van der Waals surface area contributed by atoms with Crippen molar-refractivity contribution in [2.24, 2.45) is 0 Å². The third kappa shape index (κ3) is 6.19. The number of anilines is 1. The van der Waals surface area contributed by atoms with Gasteiger partial charge in [0.25, 0.3) is 6.43 Å². The van der Waals surface area contributed by atoms with Crippen LogP contribution in [0.25, 0.3) is 16.9 Å². The maximum Gasteiger partial charge on any atom is 0.407 e. The summed E-state index contributed by atoms with van der Waals surface area (Å²) in [7, 11) is 0. The van der Waals surface area contributed by atoms with Gasteiger partial charge in [0, 0.05) is 18.2 Å². The number of rotatable bonds is 6. The van der Waals surface area contributed by atoms with Gasteiger partial charge in [0.05, 0.1) is 11.0 Å². The van der Waals surface area contributed by atoms with Crippen molar-refractivity contribution in [3.8, 4) is 5.82 Å². The third-order valence-corrected chi connectivity index (χ3v) is 6.23. The molecule has 2 heterocycles. The van der Waals surface area contributed by atoms with Crippen molar-refractivity contribution in [1.82, 2.24) is 24.8 Å². The maximum absolute atomic E-state index is 13.8. The minimum absolute atomic E-state index is 0.0523. The van der Waals surface area contributed by atoms with Gasteiger partial charge in [-0.05, 0) is 64.8 Å². The highest BCUT2D eigenvalue weighted by atomic mass is 32.2. The fraction of sp³-hybridized carbons (Fsp3) is 0.500. The zero-order valence-corrected chi connectivity index (χ0v) is 21.0. The first-order chi connectivity index (χ1) is 16.6. The van der Waals surface area contributed by atoms with Gasteiger partial charge in [0.15, 0.2) is 11.0 Å². The molecule has 3 aromatic rings. The average Bonchev–Trinajstić information content (AvgIpc) is 3.19. The molecule has 8 nitrogen and oxygen atoms in total. The number of halogens is 2. The first-order valence-corrected chi connectivity index (χ1v) is 12.8. The minimum Gasteiger partial charge on any atom is -0.444 e. The number of benzene rings is 1. The Hall–Kier alpha value is -2.95. The zero-order valence-electron chi connectivity index (χ0n) is 20.2. The number of imidazole rings is 1. The van der Waals surface area contributed by atoms with Crippen LogP contribution < -0.4 is 10.6 Å². The van der Waals surface area contributed by atoms with Crippen molar-refractivity contribution in [1.29, 1.82) is 0 Å². The molecule has 35 heavy (non-hydrogen) atoms. The van der Waals surface area contributed by atoms with Crippen LogP contribution in [0.3, 0.4) is 0 Å². The number of para-hydroxylation sites is 2. The Morgan fingerprint density at radius 3 is 2.46 bits per heavy atom. The maximum atomic E-state index is 13.8. The second-order valence-corrected chi connectivity index (χ2v) is 10.3. The van der Waals surface area contributed by atoms with E-state index in [1.54, 1.807) is 30.3 Å². The number of nitrogens with zero attached hydrogens (tertiary/aromatic N) is 4. The van der Waals surface area contributed by atoms with Crippen LogP contribution in [0.1, 0.15) is 58.7 Å². The number of alkyl carbamates (subject to hydrolysis) is 1. The van der Waals surface area contributed by atoms with Crippen molar-refractivity contribution in [2.45, 2.75) is 75.7 Å². The summed E-state index contributed by atoms with van der Waals surface area (Å²) in [6.45, 7) is 5.51. The van der Waals surface area contributed by atoms with Crippen molar-refractivity contribution >= 4 is 34.7 Å². The summed E-state index contributed by atoms with van der Waals surface area (Å²) in [6, 6.07) is 8.89. The fourth-order valence-corrected chi connectivity index (χ4v) is 4.56. The number of aromatic nitrogens is 4. The van der Waals surface area contributed by atoms with Gasteiger partial charge in [-0.15, -0.1) is 0 Å². The molecule has 0 aliphatic heterocycles. The number of nitrogens with one attached hydrogen (secondary N) is 2. The molecular formula is C24H30F2N6O2S. The molecule has 11 heteroatoms. The van der Waals surface area contributed by atoms with E-state index in [2.05, 4.69) is 25.6 Å². The lowest BCUT2D eigenvalue weighted by molar-refractivity contribution is 0.0492. The van der Waals surface area contributed by atoms with Crippen LogP contribution >= 0.6 is 11.8 Å². The van der Waals surface area contributed by atoms with Gasteiger partial charge < -0.3 is 15.4 Å². The second-order valence-electron chi connectivity index (χ2n) is 9.53. The zero-order chi connectivity index (χ0) is 25.2. The first kappa shape index (κ1) is 25.2. The SMILES string of the molecule is CSc1nc(N[C@H]2CC[C@H](NC(=O)OC(C)(C)C)CC2)cc(-n2c(C(F)F)nc3ccccc32)n1. The van der Waals surface area contributed by atoms with E-state index in [1.807, 2.05) is 27.0 Å². The molecule has 1 aromatic carbocycles. The molecule has 1 saturated carbocycles. The van der Waals surface area contributed by atoms with Crippen LogP contribution in [0.15, 0.2) is 35.5 Å². The molecule has 0 unspecified atom stereocenters. The molecule has 188 valence electrons. The number of fused-ring (bicyclic) bond motifs is 1. The normalized spacial score (nSPS) is 18.6. The van der Waals surface area contributed by atoms with Crippen molar-refractivity contribution in [3.63, 3.8) is 0 Å². The summed E-state index contributed by atoms with van der Waals surface area (Å²) in [5.74, 6) is 0.564. The predicted molar refractivity (Wildman–Crippen MR) is 132 cm³/mol. The van der Waals surface area contributed by atoms with E-state index in [0.29, 0.717) is 27.8 Å². The second kappa shape index (κ2) is 10.3. The van der Waals surface area contributed by atoms with Gasteiger partial charge in [0.2, 0.25) is 0 Å². The minimum atomic E-state index is -2.75. The topological polar surface area (TPSA) is 94.0 Å². The molecule has 1 aliphatic carbocycles. The Morgan fingerprint density at radius 1 is 1.11 bits per heavy atom. The highest BCUT2D eigenvalue weighted by molar-refractivity contribution is 7.98. The largest absolute Gasteiger partial charge is 0.444 e. The number of carbonyl (C=O) groups is 1. The van der Waals surface area contributed by atoms with E-state index in [9.17, 15) is 13.6 Å². The molecule has 0 atom stereocenters. The van der Waals surface area contributed by atoms with Gasteiger partial charge in [-0.2, -0.15) is 0 Å². The molecule has 0 radical (unpaired) electrons. The molecule has 1 fully saturated rings. The van der Waals surface area contributed by atoms with Crippen LogP contribution in [0, 0.1) is 0 Å². The quantitative estimate of drug-likeness (QED) is 0.327. The number of carbonyl (C=O) groups excluding carboxylic acids is 1. The van der Waals surface area contributed by atoms with Gasteiger partial charge in [-0.25, -0.2) is 28.5 Å². The molecule has 4 rings (SSSR count).